The lowest BCUT2D eigenvalue weighted by Gasteiger charge is -2.31. The first kappa shape index (κ1) is 13.6. The molecule has 1 aromatic rings. The molecule has 19 heavy (non-hydrogen) atoms. The molecule has 6 heteroatoms. The minimum absolute atomic E-state index is 0.0176. The Morgan fingerprint density at radius 1 is 1.53 bits per heavy atom. The first-order valence-electron chi connectivity index (χ1n) is 6.32. The van der Waals surface area contributed by atoms with Gasteiger partial charge < -0.3 is 14.7 Å². The average molecular weight is 265 g/mol. The Balaban J connectivity index is 2.00. The van der Waals surface area contributed by atoms with E-state index in [0.29, 0.717) is 18.1 Å². The maximum absolute atomic E-state index is 12.1. The fraction of sp³-hybridized carbons (Fsp3) is 0.615. The second kappa shape index (κ2) is 4.68. The number of carbonyl (C=O) groups is 2. The Morgan fingerprint density at radius 2 is 2.21 bits per heavy atom. The van der Waals surface area contributed by atoms with Crippen LogP contribution in [0.15, 0.2) is 10.6 Å². The lowest BCUT2D eigenvalue weighted by Crippen LogP contribution is -2.42. The molecule has 1 N–H and O–H groups in total. The Kier molecular flexibility index (Phi) is 3.34. The second-order valence-electron chi connectivity index (χ2n) is 5.89. The summed E-state index contributed by atoms with van der Waals surface area (Å²) in [6.45, 7) is 8.10. The number of nitrogens with one attached hydrogen (secondary N) is 1. The predicted octanol–water partition coefficient (Wildman–Crippen LogP) is 1.57. The topological polar surface area (TPSA) is 75.4 Å². The van der Waals surface area contributed by atoms with Gasteiger partial charge in [-0.3, -0.25) is 9.59 Å². The van der Waals surface area contributed by atoms with Crippen molar-refractivity contribution in [2.75, 3.05) is 11.9 Å². The summed E-state index contributed by atoms with van der Waals surface area (Å²) < 4.78 is 4.88. The Hall–Kier alpha value is -1.85. The number of likely N-dealkylation sites (tertiary alicyclic amines) is 1. The van der Waals surface area contributed by atoms with Gasteiger partial charge in [0.2, 0.25) is 11.8 Å². The number of aromatic nitrogens is 1. The first-order valence-corrected chi connectivity index (χ1v) is 6.32. The van der Waals surface area contributed by atoms with E-state index in [9.17, 15) is 9.59 Å². The Morgan fingerprint density at radius 3 is 2.68 bits per heavy atom. The molecule has 0 radical (unpaired) electrons. The molecule has 1 fully saturated rings. The molecule has 0 aliphatic carbocycles. The molecule has 0 bridgehead atoms. The van der Waals surface area contributed by atoms with E-state index in [4.69, 9.17) is 4.52 Å². The van der Waals surface area contributed by atoms with Crippen molar-refractivity contribution in [1.29, 1.82) is 0 Å². The van der Waals surface area contributed by atoms with Crippen molar-refractivity contribution >= 4 is 17.6 Å². The fourth-order valence-corrected chi connectivity index (χ4v) is 2.18. The van der Waals surface area contributed by atoms with Crippen molar-refractivity contribution in [3.8, 4) is 0 Å². The van der Waals surface area contributed by atoms with Gasteiger partial charge in [0, 0.05) is 24.6 Å². The van der Waals surface area contributed by atoms with Gasteiger partial charge in [-0.1, -0.05) is 5.16 Å². The number of amides is 2. The maximum atomic E-state index is 12.1. The molecule has 2 rings (SSSR count). The fourth-order valence-electron chi connectivity index (χ4n) is 2.18. The highest BCUT2D eigenvalue weighted by Gasteiger charge is 2.39. The van der Waals surface area contributed by atoms with E-state index in [2.05, 4.69) is 10.5 Å². The van der Waals surface area contributed by atoms with Crippen molar-refractivity contribution < 1.29 is 14.1 Å². The van der Waals surface area contributed by atoms with Gasteiger partial charge in [-0.15, -0.1) is 0 Å². The molecule has 0 saturated carbocycles. The third-order valence-corrected chi connectivity index (χ3v) is 3.18. The molecule has 1 saturated heterocycles. The molecule has 104 valence electrons. The summed E-state index contributed by atoms with van der Waals surface area (Å²) in [5.74, 6) is 0.527. The number of carbonyl (C=O) groups excluding carboxylic acids is 2. The molecular formula is C13H19N3O3. The average Bonchev–Trinajstić information content (AvgIpc) is 2.84. The molecular weight excluding hydrogens is 246 g/mol. The number of hydrogen-bond donors (Lipinski definition) is 1. The van der Waals surface area contributed by atoms with Gasteiger partial charge in [-0.25, -0.2) is 0 Å². The largest absolute Gasteiger partial charge is 0.360 e. The number of rotatable bonds is 2. The van der Waals surface area contributed by atoms with Gasteiger partial charge in [0.25, 0.3) is 0 Å². The van der Waals surface area contributed by atoms with Crippen molar-refractivity contribution in [2.24, 2.45) is 5.92 Å². The maximum Gasteiger partial charge on any atom is 0.231 e. The third kappa shape index (κ3) is 2.94. The van der Waals surface area contributed by atoms with E-state index in [1.54, 1.807) is 17.9 Å². The molecule has 1 unspecified atom stereocenters. The van der Waals surface area contributed by atoms with E-state index in [-0.39, 0.29) is 29.7 Å². The molecule has 1 aliphatic rings. The van der Waals surface area contributed by atoms with Crippen LogP contribution in [0.2, 0.25) is 0 Å². The standard InChI is InChI=1S/C13H19N3O3/c1-8-5-10(15-19-8)14-12(18)9-6-11(17)16(7-9)13(2,3)4/h5,9H,6-7H2,1-4H3,(H,14,15,18). The van der Waals surface area contributed by atoms with Crippen LogP contribution in [0, 0.1) is 12.8 Å². The van der Waals surface area contributed by atoms with E-state index in [0.717, 1.165) is 0 Å². The van der Waals surface area contributed by atoms with Crippen LogP contribution in [0.5, 0.6) is 0 Å². The summed E-state index contributed by atoms with van der Waals surface area (Å²) in [6, 6.07) is 1.65. The van der Waals surface area contributed by atoms with E-state index < -0.39 is 0 Å². The minimum Gasteiger partial charge on any atom is -0.360 e. The van der Waals surface area contributed by atoms with Gasteiger partial charge in [-0.2, -0.15) is 0 Å². The quantitative estimate of drug-likeness (QED) is 0.880. The summed E-state index contributed by atoms with van der Waals surface area (Å²) in [5.41, 5.74) is -0.253. The molecule has 1 atom stereocenters. The summed E-state index contributed by atoms with van der Waals surface area (Å²) in [5, 5.41) is 6.38. The van der Waals surface area contributed by atoms with Gasteiger partial charge in [0.15, 0.2) is 5.82 Å². The minimum atomic E-state index is -0.330. The van der Waals surface area contributed by atoms with Crippen LogP contribution in [0.3, 0.4) is 0 Å². The predicted molar refractivity (Wildman–Crippen MR) is 69.4 cm³/mol. The summed E-state index contributed by atoms with van der Waals surface area (Å²) >= 11 is 0. The highest BCUT2D eigenvalue weighted by atomic mass is 16.5. The zero-order valence-electron chi connectivity index (χ0n) is 11.7. The molecule has 2 heterocycles. The number of anilines is 1. The Labute approximate surface area is 112 Å². The van der Waals surface area contributed by atoms with E-state index in [1.807, 2.05) is 20.8 Å². The Bertz CT molecular complexity index is 501. The normalized spacial score (nSPS) is 19.9. The SMILES string of the molecule is Cc1cc(NC(=O)C2CC(=O)N(C(C)(C)C)C2)no1. The zero-order valence-corrected chi connectivity index (χ0v) is 11.7. The van der Waals surface area contributed by atoms with Crippen LogP contribution in [0.25, 0.3) is 0 Å². The molecule has 0 spiro atoms. The number of hydrogen-bond acceptors (Lipinski definition) is 4. The molecule has 6 nitrogen and oxygen atoms in total. The van der Waals surface area contributed by atoms with E-state index in [1.165, 1.54) is 0 Å². The van der Waals surface area contributed by atoms with Crippen LogP contribution < -0.4 is 5.32 Å². The van der Waals surface area contributed by atoms with Crippen LogP contribution >= 0.6 is 0 Å². The lowest BCUT2D eigenvalue weighted by molar-refractivity contribution is -0.131. The van der Waals surface area contributed by atoms with Crippen LogP contribution in [0.1, 0.15) is 33.0 Å². The molecule has 2 amide bonds. The summed E-state index contributed by atoms with van der Waals surface area (Å²) in [7, 11) is 0. The zero-order chi connectivity index (χ0) is 14.2. The van der Waals surface area contributed by atoms with Gasteiger partial charge >= 0.3 is 0 Å². The number of nitrogens with zero attached hydrogens (tertiary/aromatic N) is 2. The summed E-state index contributed by atoms with van der Waals surface area (Å²) in [6.07, 6.45) is 0.250. The van der Waals surface area contributed by atoms with Crippen molar-refractivity contribution in [2.45, 2.75) is 39.7 Å². The monoisotopic (exact) mass is 265 g/mol. The van der Waals surface area contributed by atoms with Crippen molar-refractivity contribution in [3.63, 3.8) is 0 Å². The number of aryl methyl sites for hydroxylation is 1. The third-order valence-electron chi connectivity index (χ3n) is 3.18. The first-order chi connectivity index (χ1) is 8.77. The van der Waals surface area contributed by atoms with Gasteiger partial charge in [0.1, 0.15) is 5.76 Å². The summed E-state index contributed by atoms with van der Waals surface area (Å²) in [4.78, 5) is 25.7. The van der Waals surface area contributed by atoms with Crippen LogP contribution in [0.4, 0.5) is 5.82 Å². The van der Waals surface area contributed by atoms with Gasteiger partial charge in [-0.05, 0) is 27.7 Å². The van der Waals surface area contributed by atoms with Crippen molar-refractivity contribution in [3.05, 3.63) is 11.8 Å². The highest BCUT2D eigenvalue weighted by Crippen LogP contribution is 2.26. The molecule has 0 aromatic carbocycles. The smallest absolute Gasteiger partial charge is 0.231 e. The molecule has 1 aliphatic heterocycles. The lowest BCUT2D eigenvalue weighted by atomic mass is 10.1. The van der Waals surface area contributed by atoms with Crippen LogP contribution in [-0.2, 0) is 9.59 Å². The molecule has 1 aromatic heterocycles. The van der Waals surface area contributed by atoms with Crippen molar-refractivity contribution in [1.82, 2.24) is 10.1 Å². The second-order valence-corrected chi connectivity index (χ2v) is 5.89. The van der Waals surface area contributed by atoms with E-state index >= 15 is 0 Å². The highest BCUT2D eigenvalue weighted by molar-refractivity contribution is 5.96. The van der Waals surface area contributed by atoms with Crippen LogP contribution in [-0.4, -0.2) is 34.0 Å². The van der Waals surface area contributed by atoms with Gasteiger partial charge in [0.05, 0.1) is 5.92 Å².